The van der Waals surface area contributed by atoms with Gasteiger partial charge in [0.15, 0.2) is 5.78 Å². The van der Waals surface area contributed by atoms with E-state index < -0.39 is 0 Å². The minimum Gasteiger partial charge on any atom is -0.379 e. The maximum Gasteiger partial charge on any atom is 0.158 e. The van der Waals surface area contributed by atoms with E-state index >= 15 is 0 Å². The van der Waals surface area contributed by atoms with E-state index in [2.05, 4.69) is 11.8 Å². The van der Waals surface area contributed by atoms with Crippen LogP contribution < -0.4 is 0 Å². The summed E-state index contributed by atoms with van der Waals surface area (Å²) in [5.74, 6) is 0.432. The first-order chi connectivity index (χ1) is 7.74. The molecule has 0 radical (unpaired) electrons. The number of nitrogens with zero attached hydrogens (tertiary/aromatic N) is 1. The van der Waals surface area contributed by atoms with Crippen LogP contribution in [-0.2, 0) is 9.53 Å². The summed E-state index contributed by atoms with van der Waals surface area (Å²) in [5, 5.41) is 0. The van der Waals surface area contributed by atoms with E-state index in [0.717, 1.165) is 45.7 Å². The first-order valence-corrected chi connectivity index (χ1v) is 6.24. The first-order valence-electron chi connectivity index (χ1n) is 6.24. The molecular formula is C13H23NO2. The second-order valence-electron chi connectivity index (χ2n) is 4.41. The maximum atomic E-state index is 11.6. The lowest BCUT2D eigenvalue weighted by molar-refractivity contribution is -0.117. The summed E-state index contributed by atoms with van der Waals surface area (Å²) in [7, 11) is 0. The highest BCUT2D eigenvalue weighted by Crippen LogP contribution is 2.07. The van der Waals surface area contributed by atoms with Gasteiger partial charge in [-0.2, -0.15) is 0 Å². The van der Waals surface area contributed by atoms with E-state index in [9.17, 15) is 4.79 Å². The number of ether oxygens (including phenoxy) is 1. The van der Waals surface area contributed by atoms with Gasteiger partial charge in [0.2, 0.25) is 0 Å². The Balaban J connectivity index is 2.22. The molecule has 1 rings (SSSR count). The fraction of sp³-hybridized carbons (Fsp3) is 0.769. The number of allylic oxidation sites excluding steroid dienone is 1. The summed E-state index contributed by atoms with van der Waals surface area (Å²) in [6.45, 7) is 8.56. The minimum atomic E-state index is 0.172. The molecule has 3 heteroatoms. The summed E-state index contributed by atoms with van der Waals surface area (Å²) in [6.07, 6.45) is 5.79. The molecule has 3 nitrogen and oxygen atoms in total. The van der Waals surface area contributed by atoms with Crippen LogP contribution in [0.2, 0.25) is 0 Å². The van der Waals surface area contributed by atoms with Crippen LogP contribution in [0.5, 0.6) is 0 Å². The van der Waals surface area contributed by atoms with Crippen molar-refractivity contribution in [3.05, 3.63) is 12.2 Å². The van der Waals surface area contributed by atoms with E-state index in [1.165, 1.54) is 0 Å². The number of ketones is 1. The number of carbonyl (C=O) groups excluding carboxylic acids is 1. The molecule has 1 heterocycles. The molecule has 1 saturated heterocycles. The Morgan fingerprint density at radius 2 is 2.12 bits per heavy atom. The maximum absolute atomic E-state index is 11.6. The van der Waals surface area contributed by atoms with Gasteiger partial charge in [-0.3, -0.25) is 9.69 Å². The second-order valence-corrected chi connectivity index (χ2v) is 4.41. The smallest absolute Gasteiger partial charge is 0.158 e. The SMILES string of the molecule is CCCC(C)C(=O)/C=C/CN1CCOCC1. The first kappa shape index (κ1) is 13.4. The molecule has 1 aliphatic rings. The van der Waals surface area contributed by atoms with Crippen molar-refractivity contribution in [2.24, 2.45) is 5.92 Å². The van der Waals surface area contributed by atoms with Gasteiger partial charge >= 0.3 is 0 Å². The molecule has 16 heavy (non-hydrogen) atoms. The van der Waals surface area contributed by atoms with Crippen LogP contribution in [0.25, 0.3) is 0 Å². The Labute approximate surface area is 98.5 Å². The highest BCUT2D eigenvalue weighted by molar-refractivity contribution is 5.91. The van der Waals surface area contributed by atoms with Crippen LogP contribution in [0.4, 0.5) is 0 Å². The largest absolute Gasteiger partial charge is 0.379 e. The van der Waals surface area contributed by atoms with Crippen molar-refractivity contribution in [2.75, 3.05) is 32.8 Å². The van der Waals surface area contributed by atoms with Crippen molar-refractivity contribution in [1.29, 1.82) is 0 Å². The Bertz CT molecular complexity index is 232. The summed E-state index contributed by atoms with van der Waals surface area (Å²) in [5.41, 5.74) is 0. The van der Waals surface area contributed by atoms with Gasteiger partial charge in [0.05, 0.1) is 13.2 Å². The fourth-order valence-electron chi connectivity index (χ4n) is 1.84. The number of carbonyl (C=O) groups is 1. The van der Waals surface area contributed by atoms with Crippen molar-refractivity contribution >= 4 is 5.78 Å². The van der Waals surface area contributed by atoms with Crippen molar-refractivity contribution in [3.8, 4) is 0 Å². The molecule has 1 unspecified atom stereocenters. The second kappa shape index (κ2) is 7.58. The molecule has 92 valence electrons. The van der Waals surface area contributed by atoms with E-state index in [1.807, 2.05) is 13.0 Å². The van der Waals surface area contributed by atoms with E-state index in [4.69, 9.17) is 4.74 Å². The van der Waals surface area contributed by atoms with E-state index in [1.54, 1.807) is 6.08 Å². The van der Waals surface area contributed by atoms with Gasteiger partial charge in [-0.1, -0.05) is 26.3 Å². The molecule has 0 spiro atoms. The van der Waals surface area contributed by atoms with Gasteiger partial charge in [-0.15, -0.1) is 0 Å². The molecule has 0 aromatic carbocycles. The molecule has 1 atom stereocenters. The standard InChI is InChI=1S/C13H23NO2/c1-3-5-12(2)13(15)6-4-7-14-8-10-16-11-9-14/h4,6,12H,3,5,7-11H2,1-2H3/b6-4+. The lowest BCUT2D eigenvalue weighted by Gasteiger charge is -2.25. The van der Waals surface area contributed by atoms with Crippen LogP contribution in [0, 0.1) is 5.92 Å². The molecule has 1 aliphatic heterocycles. The molecular weight excluding hydrogens is 202 g/mol. The van der Waals surface area contributed by atoms with E-state index in [0.29, 0.717) is 0 Å². The number of morpholine rings is 1. The summed E-state index contributed by atoms with van der Waals surface area (Å²) in [4.78, 5) is 13.9. The molecule has 0 aromatic rings. The van der Waals surface area contributed by atoms with Crippen LogP contribution in [0.1, 0.15) is 26.7 Å². The Hall–Kier alpha value is -0.670. The molecule has 0 aliphatic carbocycles. The molecule has 0 aromatic heterocycles. The topological polar surface area (TPSA) is 29.5 Å². The Morgan fingerprint density at radius 1 is 1.44 bits per heavy atom. The van der Waals surface area contributed by atoms with Crippen LogP contribution in [0.15, 0.2) is 12.2 Å². The molecule has 0 amide bonds. The Morgan fingerprint density at radius 3 is 2.75 bits per heavy atom. The minimum absolute atomic E-state index is 0.172. The van der Waals surface area contributed by atoms with Gasteiger partial charge in [0.25, 0.3) is 0 Å². The Kier molecular flexibility index (Phi) is 6.34. The lowest BCUT2D eigenvalue weighted by Crippen LogP contribution is -2.36. The number of rotatable bonds is 6. The highest BCUT2D eigenvalue weighted by Gasteiger charge is 2.10. The average Bonchev–Trinajstić information content (AvgIpc) is 2.30. The molecule has 0 saturated carbocycles. The van der Waals surface area contributed by atoms with Crippen LogP contribution in [0.3, 0.4) is 0 Å². The van der Waals surface area contributed by atoms with Crippen molar-refractivity contribution < 1.29 is 9.53 Å². The summed E-state index contributed by atoms with van der Waals surface area (Å²) in [6, 6.07) is 0. The van der Waals surface area contributed by atoms with Gasteiger partial charge in [-0.05, 0) is 12.5 Å². The van der Waals surface area contributed by atoms with Crippen molar-refractivity contribution in [3.63, 3.8) is 0 Å². The van der Waals surface area contributed by atoms with E-state index in [-0.39, 0.29) is 11.7 Å². The van der Waals surface area contributed by atoms with Crippen LogP contribution >= 0.6 is 0 Å². The zero-order chi connectivity index (χ0) is 11.8. The van der Waals surface area contributed by atoms with Crippen LogP contribution in [-0.4, -0.2) is 43.5 Å². The third-order valence-electron chi connectivity index (χ3n) is 2.96. The molecule has 1 fully saturated rings. The third kappa shape index (κ3) is 4.90. The van der Waals surface area contributed by atoms with Gasteiger partial charge < -0.3 is 4.74 Å². The average molecular weight is 225 g/mol. The van der Waals surface area contributed by atoms with Gasteiger partial charge in [0.1, 0.15) is 0 Å². The normalized spacial score (nSPS) is 20.1. The van der Waals surface area contributed by atoms with Gasteiger partial charge in [0, 0.05) is 25.6 Å². The fourth-order valence-corrected chi connectivity index (χ4v) is 1.84. The predicted octanol–water partition coefficient (Wildman–Crippen LogP) is 1.88. The third-order valence-corrected chi connectivity index (χ3v) is 2.96. The molecule has 0 N–H and O–H groups in total. The molecule has 0 bridgehead atoms. The van der Waals surface area contributed by atoms with Gasteiger partial charge in [-0.25, -0.2) is 0 Å². The summed E-state index contributed by atoms with van der Waals surface area (Å²) < 4.78 is 5.26. The zero-order valence-corrected chi connectivity index (χ0v) is 10.4. The number of hydrogen-bond acceptors (Lipinski definition) is 3. The quantitative estimate of drug-likeness (QED) is 0.646. The van der Waals surface area contributed by atoms with Crippen molar-refractivity contribution in [2.45, 2.75) is 26.7 Å². The lowest BCUT2D eigenvalue weighted by atomic mass is 10.0. The highest BCUT2D eigenvalue weighted by atomic mass is 16.5. The zero-order valence-electron chi connectivity index (χ0n) is 10.4. The summed E-state index contributed by atoms with van der Waals surface area (Å²) >= 11 is 0. The van der Waals surface area contributed by atoms with Crippen molar-refractivity contribution in [1.82, 2.24) is 4.90 Å². The predicted molar refractivity (Wildman–Crippen MR) is 65.5 cm³/mol. The number of hydrogen-bond donors (Lipinski definition) is 0. The monoisotopic (exact) mass is 225 g/mol.